The molecule has 6 rings (SSSR count). The van der Waals surface area contributed by atoms with Crippen LogP contribution in [0.25, 0.3) is 10.2 Å². The van der Waals surface area contributed by atoms with E-state index in [4.69, 9.17) is 9.84 Å². The van der Waals surface area contributed by atoms with Crippen molar-refractivity contribution in [2.45, 2.75) is 32.1 Å². The maximum atomic E-state index is 13.1. The summed E-state index contributed by atoms with van der Waals surface area (Å²) in [6.07, 6.45) is 8.44. The van der Waals surface area contributed by atoms with Gasteiger partial charge in [-0.05, 0) is 78.8 Å². The molecule has 0 N–H and O–H groups in total. The summed E-state index contributed by atoms with van der Waals surface area (Å²) in [5, 5.41) is 12.0. The SMILES string of the molecule is COc1ccc(C2=NN(c3ccc(/C=N\n4cnc5sc6c(c5c4=O)CCCC6)cc3)CC2)cc1. The van der Waals surface area contributed by atoms with Gasteiger partial charge in [0.05, 0.1) is 30.1 Å². The molecule has 0 fully saturated rings. The fraction of sp³-hybridized carbons (Fsp3) is 0.259. The summed E-state index contributed by atoms with van der Waals surface area (Å²) in [6.45, 7) is 0.834. The third kappa shape index (κ3) is 4.14. The maximum Gasteiger partial charge on any atom is 0.282 e. The fourth-order valence-corrected chi connectivity index (χ4v) is 5.93. The zero-order chi connectivity index (χ0) is 23.8. The molecule has 0 unspecified atom stereocenters. The average molecular weight is 484 g/mol. The summed E-state index contributed by atoms with van der Waals surface area (Å²) in [6, 6.07) is 16.0. The molecule has 4 aromatic rings. The van der Waals surface area contributed by atoms with Crippen LogP contribution in [0.2, 0.25) is 0 Å². The smallest absolute Gasteiger partial charge is 0.282 e. The summed E-state index contributed by atoms with van der Waals surface area (Å²) in [5.74, 6) is 0.842. The van der Waals surface area contributed by atoms with Gasteiger partial charge in [0.2, 0.25) is 0 Å². The molecule has 2 aromatic carbocycles. The lowest BCUT2D eigenvalue weighted by atomic mass is 9.97. The number of thiophene rings is 1. The lowest BCUT2D eigenvalue weighted by Gasteiger charge is -2.13. The Balaban J connectivity index is 1.20. The molecule has 176 valence electrons. The molecular formula is C27H25N5O2S. The summed E-state index contributed by atoms with van der Waals surface area (Å²) in [7, 11) is 1.67. The van der Waals surface area contributed by atoms with Crippen molar-refractivity contribution in [3.63, 3.8) is 0 Å². The van der Waals surface area contributed by atoms with Crippen LogP contribution in [0.4, 0.5) is 5.69 Å². The molecule has 0 bridgehead atoms. The van der Waals surface area contributed by atoms with Crippen molar-refractivity contribution in [2.24, 2.45) is 10.2 Å². The number of fused-ring (bicyclic) bond motifs is 3. The van der Waals surface area contributed by atoms with Crippen LogP contribution < -0.4 is 15.3 Å². The third-order valence-corrected chi connectivity index (χ3v) is 7.81. The first-order valence-electron chi connectivity index (χ1n) is 11.9. The molecule has 0 amide bonds. The van der Waals surface area contributed by atoms with Crippen LogP contribution in [0.15, 0.2) is 69.9 Å². The second-order valence-electron chi connectivity index (χ2n) is 8.77. The highest BCUT2D eigenvalue weighted by molar-refractivity contribution is 7.18. The molecule has 1 aliphatic heterocycles. The van der Waals surface area contributed by atoms with Gasteiger partial charge >= 0.3 is 0 Å². The first kappa shape index (κ1) is 21.7. The van der Waals surface area contributed by atoms with E-state index in [1.165, 1.54) is 27.9 Å². The Morgan fingerprint density at radius 2 is 1.83 bits per heavy atom. The molecule has 2 aliphatic rings. The van der Waals surface area contributed by atoms with Gasteiger partial charge in [-0.3, -0.25) is 9.80 Å². The highest BCUT2D eigenvalue weighted by Crippen LogP contribution is 2.33. The number of methoxy groups -OCH3 is 1. The minimum absolute atomic E-state index is 0.0836. The molecular weight excluding hydrogens is 458 g/mol. The lowest BCUT2D eigenvalue weighted by molar-refractivity contribution is 0.415. The number of hydrazone groups is 1. The standard InChI is InChI=1S/C27H25N5O2S/c1-34-21-12-8-19(9-13-21)23-14-15-31(30-23)20-10-6-18(7-11-20)16-29-32-17-28-26-25(27(32)33)22-4-2-3-5-24(22)35-26/h6-13,16-17H,2-5,14-15H2,1H3/b29-16-. The molecule has 7 nitrogen and oxygen atoms in total. The fourth-order valence-electron chi connectivity index (χ4n) is 4.71. The Morgan fingerprint density at radius 3 is 2.63 bits per heavy atom. The van der Waals surface area contributed by atoms with Crippen LogP contribution in [0.1, 0.15) is 40.8 Å². The van der Waals surface area contributed by atoms with E-state index in [1.54, 1.807) is 24.7 Å². The molecule has 0 saturated heterocycles. The van der Waals surface area contributed by atoms with Gasteiger partial charge in [-0.1, -0.05) is 12.1 Å². The number of anilines is 1. The van der Waals surface area contributed by atoms with Gasteiger partial charge in [0.1, 0.15) is 16.9 Å². The van der Waals surface area contributed by atoms with Gasteiger partial charge in [-0.25, -0.2) is 4.98 Å². The van der Waals surface area contributed by atoms with E-state index in [9.17, 15) is 4.79 Å². The number of aromatic nitrogens is 2. The predicted molar refractivity (Wildman–Crippen MR) is 141 cm³/mol. The lowest BCUT2D eigenvalue weighted by Crippen LogP contribution is -2.18. The van der Waals surface area contributed by atoms with Crippen molar-refractivity contribution >= 4 is 39.2 Å². The number of hydrogen-bond acceptors (Lipinski definition) is 7. The van der Waals surface area contributed by atoms with E-state index in [0.717, 1.165) is 70.7 Å². The second-order valence-corrected chi connectivity index (χ2v) is 9.85. The molecule has 8 heteroatoms. The van der Waals surface area contributed by atoms with Crippen LogP contribution in [-0.4, -0.2) is 35.2 Å². The van der Waals surface area contributed by atoms with E-state index in [1.807, 2.05) is 53.5 Å². The van der Waals surface area contributed by atoms with E-state index in [-0.39, 0.29) is 5.56 Å². The normalized spacial score (nSPS) is 15.6. The van der Waals surface area contributed by atoms with Gasteiger partial charge in [0.15, 0.2) is 0 Å². The average Bonchev–Trinajstić information content (AvgIpc) is 3.54. The molecule has 0 spiro atoms. The zero-order valence-electron chi connectivity index (χ0n) is 19.5. The van der Waals surface area contributed by atoms with Crippen molar-refractivity contribution in [1.29, 1.82) is 0 Å². The summed E-state index contributed by atoms with van der Waals surface area (Å²) in [4.78, 5) is 19.7. The Kier molecular flexibility index (Phi) is 5.66. The summed E-state index contributed by atoms with van der Waals surface area (Å²) in [5.41, 5.74) is 5.21. The van der Waals surface area contributed by atoms with Crippen LogP contribution in [0.3, 0.4) is 0 Å². The number of benzene rings is 2. The van der Waals surface area contributed by atoms with Gasteiger partial charge in [-0.15, -0.1) is 11.3 Å². The minimum Gasteiger partial charge on any atom is -0.497 e. The number of rotatable bonds is 5. The zero-order valence-corrected chi connectivity index (χ0v) is 20.3. The monoisotopic (exact) mass is 483 g/mol. The number of nitrogens with zero attached hydrogens (tertiary/aromatic N) is 5. The summed E-state index contributed by atoms with van der Waals surface area (Å²) >= 11 is 1.65. The Morgan fingerprint density at radius 1 is 1.03 bits per heavy atom. The minimum atomic E-state index is -0.0836. The highest BCUT2D eigenvalue weighted by Gasteiger charge is 2.20. The molecule has 3 heterocycles. The predicted octanol–water partition coefficient (Wildman–Crippen LogP) is 4.84. The molecule has 0 atom stereocenters. The van der Waals surface area contributed by atoms with Crippen LogP contribution in [0, 0.1) is 0 Å². The van der Waals surface area contributed by atoms with Gasteiger partial charge in [-0.2, -0.15) is 14.9 Å². The number of ether oxygens (including phenoxy) is 1. The topological polar surface area (TPSA) is 72.1 Å². The van der Waals surface area contributed by atoms with Crippen LogP contribution >= 0.6 is 11.3 Å². The molecule has 0 saturated carbocycles. The largest absolute Gasteiger partial charge is 0.497 e. The van der Waals surface area contributed by atoms with E-state index in [2.05, 4.69) is 10.1 Å². The van der Waals surface area contributed by atoms with Crippen LogP contribution in [-0.2, 0) is 12.8 Å². The molecule has 2 aromatic heterocycles. The van der Waals surface area contributed by atoms with Gasteiger partial charge in [0.25, 0.3) is 5.56 Å². The van der Waals surface area contributed by atoms with E-state index >= 15 is 0 Å². The van der Waals surface area contributed by atoms with Crippen molar-refractivity contribution in [3.05, 3.63) is 86.8 Å². The van der Waals surface area contributed by atoms with Crippen molar-refractivity contribution < 1.29 is 4.74 Å². The van der Waals surface area contributed by atoms with E-state index in [0.29, 0.717) is 0 Å². The molecule has 1 aliphatic carbocycles. The van der Waals surface area contributed by atoms with Gasteiger partial charge < -0.3 is 4.74 Å². The Bertz CT molecular complexity index is 1500. The van der Waals surface area contributed by atoms with Crippen LogP contribution in [0.5, 0.6) is 5.75 Å². The Labute approximate surface area is 207 Å². The molecule has 35 heavy (non-hydrogen) atoms. The van der Waals surface area contributed by atoms with Gasteiger partial charge in [0, 0.05) is 17.8 Å². The second kappa shape index (κ2) is 9.11. The number of hydrogen-bond donors (Lipinski definition) is 0. The van der Waals surface area contributed by atoms with E-state index < -0.39 is 0 Å². The quantitative estimate of drug-likeness (QED) is 0.381. The third-order valence-electron chi connectivity index (χ3n) is 6.61. The van der Waals surface area contributed by atoms with Crippen molar-refractivity contribution in [3.8, 4) is 5.75 Å². The summed E-state index contributed by atoms with van der Waals surface area (Å²) < 4.78 is 6.59. The van der Waals surface area contributed by atoms with Crippen molar-refractivity contribution in [1.82, 2.24) is 9.66 Å². The highest BCUT2D eigenvalue weighted by atomic mass is 32.1. The Hall–Kier alpha value is -3.78. The first-order valence-corrected chi connectivity index (χ1v) is 12.7. The number of aryl methyl sites for hydroxylation is 2. The molecule has 0 radical (unpaired) electrons. The van der Waals surface area contributed by atoms with Crippen molar-refractivity contribution in [2.75, 3.05) is 18.7 Å². The maximum absolute atomic E-state index is 13.1. The first-order chi connectivity index (χ1) is 17.2.